The third-order valence-electron chi connectivity index (χ3n) is 3.07. The van der Waals surface area contributed by atoms with E-state index in [-0.39, 0.29) is 18.0 Å². The number of rotatable bonds is 5. The monoisotopic (exact) mass is 281 g/mol. The molecule has 0 aliphatic carbocycles. The van der Waals surface area contributed by atoms with Crippen molar-refractivity contribution in [2.75, 3.05) is 6.54 Å². The number of carbonyl (C=O) groups excluding carboxylic acids is 1. The average Bonchev–Trinajstić information content (AvgIpc) is 2.78. The lowest BCUT2D eigenvalue weighted by atomic mass is 10.1. The van der Waals surface area contributed by atoms with Gasteiger partial charge in [-0.15, -0.1) is 0 Å². The Morgan fingerprint density at radius 3 is 2.50 bits per heavy atom. The lowest BCUT2D eigenvalue weighted by molar-refractivity contribution is -0.140. The minimum absolute atomic E-state index is 0.109. The summed E-state index contributed by atoms with van der Waals surface area (Å²) >= 11 is 0. The van der Waals surface area contributed by atoms with Crippen LogP contribution in [0.25, 0.3) is 0 Å². The zero-order valence-corrected chi connectivity index (χ0v) is 12.7. The van der Waals surface area contributed by atoms with Gasteiger partial charge in [-0.3, -0.25) is 14.3 Å². The second kappa shape index (κ2) is 6.07. The molecule has 1 aromatic heterocycles. The summed E-state index contributed by atoms with van der Waals surface area (Å²) in [6, 6.07) is 0. The van der Waals surface area contributed by atoms with Crippen LogP contribution in [0.15, 0.2) is 6.20 Å². The third kappa shape index (κ3) is 3.59. The number of amides is 1. The Morgan fingerprint density at radius 2 is 2.05 bits per heavy atom. The van der Waals surface area contributed by atoms with Gasteiger partial charge >= 0.3 is 5.97 Å². The van der Waals surface area contributed by atoms with Gasteiger partial charge in [0.25, 0.3) is 5.91 Å². The Morgan fingerprint density at radius 1 is 1.45 bits per heavy atom. The molecular formula is C14H23N3O3. The number of aromatic nitrogens is 2. The molecule has 0 fully saturated rings. The summed E-state index contributed by atoms with van der Waals surface area (Å²) in [5.41, 5.74) is 1.18. The second-order valence-electron chi connectivity index (χ2n) is 5.89. The highest BCUT2D eigenvalue weighted by atomic mass is 16.4. The summed E-state index contributed by atoms with van der Waals surface area (Å²) < 4.78 is 1.84. The van der Waals surface area contributed by atoms with E-state index >= 15 is 0 Å². The van der Waals surface area contributed by atoms with Crippen LogP contribution < -0.4 is 5.32 Å². The van der Waals surface area contributed by atoms with E-state index in [4.69, 9.17) is 5.11 Å². The second-order valence-corrected chi connectivity index (χ2v) is 5.89. The van der Waals surface area contributed by atoms with Gasteiger partial charge in [-0.05, 0) is 27.2 Å². The van der Waals surface area contributed by atoms with Crippen LogP contribution in [0, 0.1) is 5.92 Å². The van der Waals surface area contributed by atoms with E-state index in [1.807, 2.05) is 32.4 Å². The summed E-state index contributed by atoms with van der Waals surface area (Å²) in [4.78, 5) is 22.9. The number of carboxylic acid groups (broad SMARTS) is 1. The van der Waals surface area contributed by atoms with Crippen LogP contribution in [0.4, 0.5) is 0 Å². The average molecular weight is 281 g/mol. The summed E-state index contributed by atoms with van der Waals surface area (Å²) in [6.07, 6.45) is 2.24. The zero-order valence-electron chi connectivity index (χ0n) is 12.7. The molecule has 112 valence electrons. The summed E-state index contributed by atoms with van der Waals surface area (Å²) in [6.45, 7) is 9.70. The van der Waals surface area contributed by atoms with Crippen LogP contribution in [0.5, 0.6) is 0 Å². The summed E-state index contributed by atoms with van der Waals surface area (Å²) in [5.74, 6) is -1.81. The molecule has 0 aliphatic rings. The number of hydrogen-bond donors (Lipinski definition) is 2. The summed E-state index contributed by atoms with van der Waals surface area (Å²) in [7, 11) is 0. The van der Waals surface area contributed by atoms with Crippen molar-refractivity contribution >= 4 is 11.9 Å². The van der Waals surface area contributed by atoms with Crippen molar-refractivity contribution < 1.29 is 14.7 Å². The van der Waals surface area contributed by atoms with Crippen LogP contribution in [-0.4, -0.2) is 33.3 Å². The molecule has 0 bridgehead atoms. The van der Waals surface area contributed by atoms with Crippen molar-refractivity contribution in [2.24, 2.45) is 5.92 Å². The van der Waals surface area contributed by atoms with E-state index in [1.54, 1.807) is 13.1 Å². The molecule has 20 heavy (non-hydrogen) atoms. The van der Waals surface area contributed by atoms with E-state index in [0.29, 0.717) is 12.0 Å². The first-order chi connectivity index (χ1) is 9.18. The lowest BCUT2D eigenvalue weighted by Crippen LogP contribution is -2.32. The van der Waals surface area contributed by atoms with Crippen molar-refractivity contribution in [3.05, 3.63) is 17.5 Å². The van der Waals surface area contributed by atoms with E-state index in [0.717, 1.165) is 5.69 Å². The quantitative estimate of drug-likeness (QED) is 0.859. The van der Waals surface area contributed by atoms with Crippen molar-refractivity contribution in [3.63, 3.8) is 0 Å². The van der Waals surface area contributed by atoms with Gasteiger partial charge in [0.05, 0.1) is 28.9 Å². The molecule has 1 unspecified atom stereocenters. The Hall–Kier alpha value is -1.85. The fraction of sp³-hybridized carbons (Fsp3) is 0.643. The summed E-state index contributed by atoms with van der Waals surface area (Å²) in [5, 5.41) is 15.7. The van der Waals surface area contributed by atoms with Gasteiger partial charge in [0.1, 0.15) is 0 Å². The molecule has 0 radical (unpaired) electrons. The first-order valence-corrected chi connectivity index (χ1v) is 6.76. The van der Waals surface area contributed by atoms with Gasteiger partial charge in [0.2, 0.25) is 0 Å². The molecule has 0 aromatic carbocycles. The Kier molecular flexibility index (Phi) is 4.92. The highest BCUT2D eigenvalue weighted by Gasteiger charge is 2.23. The number of aliphatic carboxylic acids is 1. The van der Waals surface area contributed by atoms with E-state index in [1.165, 1.54) is 0 Å². The molecule has 1 aromatic rings. The largest absolute Gasteiger partial charge is 0.481 e. The highest BCUT2D eigenvalue weighted by molar-refractivity contribution is 5.95. The first kappa shape index (κ1) is 16.2. The maximum atomic E-state index is 12.1. The van der Waals surface area contributed by atoms with Gasteiger partial charge in [-0.2, -0.15) is 5.10 Å². The fourth-order valence-corrected chi connectivity index (χ4v) is 1.91. The predicted molar refractivity (Wildman–Crippen MR) is 75.7 cm³/mol. The van der Waals surface area contributed by atoms with Crippen LogP contribution >= 0.6 is 0 Å². The Balaban J connectivity index is 2.89. The highest BCUT2D eigenvalue weighted by Crippen LogP contribution is 2.19. The molecule has 1 rings (SSSR count). The smallest absolute Gasteiger partial charge is 0.308 e. The third-order valence-corrected chi connectivity index (χ3v) is 3.07. The van der Waals surface area contributed by atoms with Crippen LogP contribution in [0.2, 0.25) is 0 Å². The van der Waals surface area contributed by atoms with Gasteiger partial charge in [0, 0.05) is 6.54 Å². The fourth-order valence-electron chi connectivity index (χ4n) is 1.91. The number of nitrogens with zero attached hydrogens (tertiary/aromatic N) is 2. The van der Waals surface area contributed by atoms with Crippen LogP contribution in [0.1, 0.15) is 50.7 Å². The van der Waals surface area contributed by atoms with Gasteiger partial charge in [0.15, 0.2) is 0 Å². The number of nitrogens with one attached hydrogen (secondary N) is 1. The maximum absolute atomic E-state index is 12.1. The lowest BCUT2D eigenvalue weighted by Gasteiger charge is -2.22. The molecular weight excluding hydrogens is 258 g/mol. The van der Waals surface area contributed by atoms with Crippen molar-refractivity contribution in [1.29, 1.82) is 0 Å². The molecule has 0 saturated carbocycles. The predicted octanol–water partition coefficient (Wildman–Crippen LogP) is 1.65. The van der Waals surface area contributed by atoms with Gasteiger partial charge in [-0.1, -0.05) is 13.8 Å². The SMILES string of the molecule is CCc1c(C(=O)NCC(C)C(=O)O)cnn1C(C)(C)C. The molecule has 6 nitrogen and oxygen atoms in total. The van der Waals surface area contributed by atoms with E-state index in [2.05, 4.69) is 10.4 Å². The zero-order chi connectivity index (χ0) is 15.5. The van der Waals surface area contributed by atoms with Gasteiger partial charge < -0.3 is 10.4 Å². The molecule has 2 N–H and O–H groups in total. The first-order valence-electron chi connectivity index (χ1n) is 6.76. The van der Waals surface area contributed by atoms with E-state index in [9.17, 15) is 9.59 Å². The molecule has 1 heterocycles. The minimum atomic E-state index is -0.925. The standard InChI is InChI=1S/C14H23N3O3/c1-6-11-10(8-16-17(11)14(3,4)5)12(18)15-7-9(2)13(19)20/h8-9H,6-7H2,1-5H3,(H,15,18)(H,19,20). The maximum Gasteiger partial charge on any atom is 0.308 e. The van der Waals surface area contributed by atoms with Crippen molar-refractivity contribution in [3.8, 4) is 0 Å². The number of carbonyl (C=O) groups is 2. The van der Waals surface area contributed by atoms with Gasteiger partial charge in [-0.25, -0.2) is 0 Å². The van der Waals surface area contributed by atoms with Crippen molar-refractivity contribution in [1.82, 2.24) is 15.1 Å². The minimum Gasteiger partial charge on any atom is -0.481 e. The molecule has 0 spiro atoms. The topological polar surface area (TPSA) is 84.2 Å². The molecule has 0 aliphatic heterocycles. The molecule has 1 amide bonds. The van der Waals surface area contributed by atoms with E-state index < -0.39 is 11.9 Å². The normalized spacial score (nSPS) is 13.1. The molecule has 1 atom stereocenters. The van der Waals surface area contributed by atoms with Crippen molar-refractivity contribution in [2.45, 2.75) is 46.6 Å². The number of carboxylic acids is 1. The molecule has 0 saturated heterocycles. The van der Waals surface area contributed by atoms with Crippen LogP contribution in [-0.2, 0) is 16.8 Å². The molecule has 6 heteroatoms. The Labute approximate surface area is 119 Å². The Bertz CT molecular complexity index is 500. The number of hydrogen-bond acceptors (Lipinski definition) is 3. The van der Waals surface area contributed by atoms with Crippen LogP contribution in [0.3, 0.4) is 0 Å².